The molecule has 4 heteroatoms. The first-order valence-corrected chi connectivity index (χ1v) is 6.21. The lowest BCUT2D eigenvalue weighted by molar-refractivity contribution is 0.0788. The van der Waals surface area contributed by atoms with Crippen molar-refractivity contribution in [1.29, 1.82) is 0 Å². The summed E-state index contributed by atoms with van der Waals surface area (Å²) in [4.78, 5) is 14.0. The molecule has 1 aromatic rings. The van der Waals surface area contributed by atoms with Crippen molar-refractivity contribution in [2.24, 2.45) is 5.92 Å². The highest BCUT2D eigenvalue weighted by atomic mass is 79.9. The van der Waals surface area contributed by atoms with Crippen LogP contribution >= 0.6 is 15.9 Å². The van der Waals surface area contributed by atoms with E-state index in [9.17, 15) is 4.79 Å². The first kappa shape index (κ1) is 11.5. The molecule has 86 valence electrons. The topological polar surface area (TPSA) is 46.3 Å². The minimum Gasteiger partial charge on any atom is -0.398 e. The van der Waals surface area contributed by atoms with Crippen LogP contribution in [0.15, 0.2) is 22.7 Å². The highest BCUT2D eigenvalue weighted by molar-refractivity contribution is 9.10. The van der Waals surface area contributed by atoms with Gasteiger partial charge < -0.3 is 10.6 Å². The highest BCUT2D eigenvalue weighted by Gasteiger charge is 2.24. The van der Waals surface area contributed by atoms with Crippen molar-refractivity contribution in [1.82, 2.24) is 4.90 Å². The van der Waals surface area contributed by atoms with Crippen molar-refractivity contribution < 1.29 is 4.79 Å². The van der Waals surface area contributed by atoms with Gasteiger partial charge in [-0.3, -0.25) is 4.79 Å². The Bertz CT molecular complexity index is 419. The summed E-state index contributed by atoms with van der Waals surface area (Å²) >= 11 is 3.32. The number of nitrogens with zero attached hydrogens (tertiary/aromatic N) is 1. The number of anilines is 1. The van der Waals surface area contributed by atoms with Gasteiger partial charge in [-0.15, -0.1) is 0 Å². The third kappa shape index (κ3) is 2.21. The molecule has 1 aliphatic heterocycles. The molecule has 1 aliphatic rings. The van der Waals surface area contributed by atoms with E-state index in [0.29, 0.717) is 17.2 Å². The fourth-order valence-corrected chi connectivity index (χ4v) is 2.23. The fraction of sp³-hybridized carbons (Fsp3) is 0.417. The van der Waals surface area contributed by atoms with E-state index >= 15 is 0 Å². The van der Waals surface area contributed by atoms with E-state index in [4.69, 9.17) is 5.73 Å². The third-order valence-corrected chi connectivity index (χ3v) is 3.68. The maximum Gasteiger partial charge on any atom is 0.253 e. The van der Waals surface area contributed by atoms with Gasteiger partial charge in [-0.05, 0) is 46.5 Å². The molecule has 1 aromatic carbocycles. The Morgan fingerprint density at radius 3 is 2.88 bits per heavy atom. The normalized spacial score (nSPS) is 20.1. The lowest BCUT2D eigenvalue weighted by atomic mass is 10.1. The summed E-state index contributed by atoms with van der Waals surface area (Å²) in [5.41, 5.74) is 7.05. The molecule has 3 nitrogen and oxygen atoms in total. The molecule has 1 amide bonds. The molecule has 1 atom stereocenters. The standard InChI is InChI=1S/C12H15BrN2O/c1-8-4-5-15(7-8)12(16)9-2-3-10(13)11(14)6-9/h2-3,6,8H,4-5,7,14H2,1H3. The molecule has 1 unspecified atom stereocenters. The molecule has 1 fully saturated rings. The van der Waals surface area contributed by atoms with Gasteiger partial charge >= 0.3 is 0 Å². The predicted molar refractivity (Wildman–Crippen MR) is 68.2 cm³/mol. The SMILES string of the molecule is CC1CCN(C(=O)c2ccc(Br)c(N)c2)C1. The van der Waals surface area contributed by atoms with E-state index in [1.54, 1.807) is 6.07 Å². The molecule has 0 spiro atoms. The summed E-state index contributed by atoms with van der Waals surface area (Å²) in [5, 5.41) is 0. The molecule has 0 saturated carbocycles. The zero-order chi connectivity index (χ0) is 11.7. The lowest BCUT2D eigenvalue weighted by Gasteiger charge is -2.16. The molecule has 16 heavy (non-hydrogen) atoms. The Hall–Kier alpha value is -1.03. The quantitative estimate of drug-likeness (QED) is 0.805. The van der Waals surface area contributed by atoms with Crippen molar-refractivity contribution in [3.63, 3.8) is 0 Å². The van der Waals surface area contributed by atoms with Crippen LogP contribution in [0.5, 0.6) is 0 Å². The van der Waals surface area contributed by atoms with Crippen molar-refractivity contribution in [3.8, 4) is 0 Å². The number of nitrogens with two attached hydrogens (primary N) is 1. The van der Waals surface area contributed by atoms with Crippen LogP contribution in [0.3, 0.4) is 0 Å². The van der Waals surface area contributed by atoms with Crippen LogP contribution in [0.25, 0.3) is 0 Å². The Balaban J connectivity index is 2.18. The van der Waals surface area contributed by atoms with Crippen LogP contribution in [-0.2, 0) is 0 Å². The Kier molecular flexibility index (Phi) is 3.19. The maximum absolute atomic E-state index is 12.1. The highest BCUT2D eigenvalue weighted by Crippen LogP contribution is 2.23. The van der Waals surface area contributed by atoms with Crippen LogP contribution in [0.4, 0.5) is 5.69 Å². The maximum atomic E-state index is 12.1. The molecule has 0 bridgehead atoms. The molecule has 0 aliphatic carbocycles. The molecular weight excluding hydrogens is 268 g/mol. The number of halogens is 1. The summed E-state index contributed by atoms with van der Waals surface area (Å²) < 4.78 is 0.832. The number of hydrogen-bond acceptors (Lipinski definition) is 2. The van der Waals surface area contributed by atoms with Gasteiger partial charge in [-0.2, -0.15) is 0 Å². The van der Waals surface area contributed by atoms with E-state index in [1.807, 2.05) is 17.0 Å². The van der Waals surface area contributed by atoms with Crippen LogP contribution in [0, 0.1) is 5.92 Å². The van der Waals surface area contributed by atoms with Gasteiger partial charge in [0.2, 0.25) is 0 Å². The van der Waals surface area contributed by atoms with Crippen LogP contribution in [0.2, 0.25) is 0 Å². The number of amides is 1. The number of nitrogen functional groups attached to an aromatic ring is 1. The smallest absolute Gasteiger partial charge is 0.253 e. The second-order valence-corrected chi connectivity index (χ2v) is 5.24. The summed E-state index contributed by atoms with van der Waals surface area (Å²) in [5.74, 6) is 0.695. The average Bonchev–Trinajstić information content (AvgIpc) is 2.68. The van der Waals surface area contributed by atoms with E-state index < -0.39 is 0 Å². The van der Waals surface area contributed by atoms with Gasteiger partial charge in [0.15, 0.2) is 0 Å². The second-order valence-electron chi connectivity index (χ2n) is 4.38. The number of benzene rings is 1. The van der Waals surface area contributed by atoms with Gasteiger partial charge in [0, 0.05) is 28.8 Å². The van der Waals surface area contributed by atoms with Crippen LogP contribution in [-0.4, -0.2) is 23.9 Å². The Morgan fingerprint density at radius 1 is 1.56 bits per heavy atom. The molecule has 0 radical (unpaired) electrons. The van der Waals surface area contributed by atoms with E-state index in [0.717, 1.165) is 24.0 Å². The zero-order valence-corrected chi connectivity index (χ0v) is 10.8. The van der Waals surface area contributed by atoms with Crippen molar-refractivity contribution in [2.45, 2.75) is 13.3 Å². The molecular formula is C12H15BrN2O. The minimum atomic E-state index is 0.0866. The fourth-order valence-electron chi connectivity index (χ4n) is 1.98. The minimum absolute atomic E-state index is 0.0866. The van der Waals surface area contributed by atoms with Crippen molar-refractivity contribution >= 4 is 27.5 Å². The summed E-state index contributed by atoms with van der Waals surface area (Å²) in [7, 11) is 0. The summed E-state index contributed by atoms with van der Waals surface area (Å²) in [6, 6.07) is 5.36. The number of carbonyl (C=O) groups is 1. The number of carbonyl (C=O) groups excluding carboxylic acids is 1. The number of likely N-dealkylation sites (tertiary alicyclic amines) is 1. The van der Waals surface area contributed by atoms with Gasteiger partial charge in [0.05, 0.1) is 0 Å². The molecule has 2 rings (SSSR count). The molecule has 2 N–H and O–H groups in total. The average molecular weight is 283 g/mol. The van der Waals surface area contributed by atoms with Gasteiger partial charge in [0.25, 0.3) is 5.91 Å². The Labute approximate surface area is 104 Å². The first-order valence-electron chi connectivity index (χ1n) is 5.42. The summed E-state index contributed by atoms with van der Waals surface area (Å²) in [6.07, 6.45) is 1.09. The first-order chi connectivity index (χ1) is 7.58. The second kappa shape index (κ2) is 4.45. The monoisotopic (exact) mass is 282 g/mol. The van der Waals surface area contributed by atoms with E-state index in [-0.39, 0.29) is 5.91 Å². The van der Waals surface area contributed by atoms with Gasteiger partial charge in [-0.25, -0.2) is 0 Å². The molecule has 1 saturated heterocycles. The van der Waals surface area contributed by atoms with Crippen LogP contribution < -0.4 is 5.73 Å². The van der Waals surface area contributed by atoms with Gasteiger partial charge in [-0.1, -0.05) is 6.92 Å². The van der Waals surface area contributed by atoms with E-state index in [1.165, 1.54) is 0 Å². The third-order valence-electron chi connectivity index (χ3n) is 2.95. The van der Waals surface area contributed by atoms with Crippen molar-refractivity contribution in [2.75, 3.05) is 18.8 Å². The molecule has 0 aromatic heterocycles. The number of hydrogen-bond donors (Lipinski definition) is 1. The Morgan fingerprint density at radius 2 is 2.31 bits per heavy atom. The van der Waals surface area contributed by atoms with Crippen molar-refractivity contribution in [3.05, 3.63) is 28.2 Å². The largest absolute Gasteiger partial charge is 0.398 e. The summed E-state index contributed by atoms with van der Waals surface area (Å²) in [6.45, 7) is 3.88. The number of rotatable bonds is 1. The lowest BCUT2D eigenvalue weighted by Crippen LogP contribution is -2.28. The van der Waals surface area contributed by atoms with Crippen LogP contribution in [0.1, 0.15) is 23.7 Å². The van der Waals surface area contributed by atoms with Gasteiger partial charge in [0.1, 0.15) is 0 Å². The van der Waals surface area contributed by atoms with E-state index in [2.05, 4.69) is 22.9 Å². The molecule has 1 heterocycles. The zero-order valence-electron chi connectivity index (χ0n) is 9.24. The predicted octanol–water partition coefficient (Wildman–Crippen LogP) is 2.51.